The van der Waals surface area contributed by atoms with E-state index in [4.69, 9.17) is 10.8 Å². The molecule has 280 valence electrons. The van der Waals surface area contributed by atoms with Crippen LogP contribution in [-0.4, -0.2) is 22.9 Å². The monoisotopic (exact) mass is 680 g/mol. The fraction of sp³-hybridized carbons (Fsp3) is 0.511. The number of aryl methyl sites for hydroxylation is 1. The van der Waals surface area contributed by atoms with Crippen LogP contribution in [0.3, 0.4) is 0 Å². The van der Waals surface area contributed by atoms with E-state index in [0.29, 0.717) is 18.8 Å². The van der Waals surface area contributed by atoms with Gasteiger partial charge in [-0.15, -0.1) is 6.58 Å². The molecule has 0 saturated carbocycles. The molecule has 0 radical (unpaired) electrons. The number of aliphatic hydroxyl groups excluding tert-OH is 1. The van der Waals surface area contributed by atoms with Crippen LogP contribution in [0, 0.1) is 11.3 Å². The number of aliphatic hydroxyl groups is 1. The zero-order chi connectivity index (χ0) is 39.1. The van der Waals surface area contributed by atoms with Crippen LogP contribution in [0.1, 0.15) is 140 Å². The molecular formula is C45H77NO3. The number of benzene rings is 1. The summed E-state index contributed by atoms with van der Waals surface area (Å²) in [5.41, 5.74) is 8.76. The number of rotatable bonds is 15. The van der Waals surface area contributed by atoms with Gasteiger partial charge < -0.3 is 15.6 Å². The number of carbonyl (C=O) groups is 2. The standard InChI is InChI=1S/C19H24O.C11H21NO2.C6H10.C5H10.2C2H6/c1-4-6-13-18(5-2)19-14-9-12-17(15-19)11-8-7-10-16(3)20;1-11(2,3)8-6-4-5-7-9(13)10(12)14;1-3-5-6-4-2;1-4-5(2)3;2*1-2/h4-6,9,12-15H,2,7-8,10-11H2,1,3H3;6,8-9,13H,4-5,7H2,1-3H3,(H2,12,14);3-6H,1-2H3;4-5H,1H2,2-3H3;2*1-2H3/b6-4-,18-13+;8-6+;5-3-,6-4-;;;. The van der Waals surface area contributed by atoms with Gasteiger partial charge in [-0.2, -0.15) is 0 Å². The Bertz CT molecular complexity index is 1070. The third kappa shape index (κ3) is 46.7. The maximum Gasteiger partial charge on any atom is 0.246 e. The summed E-state index contributed by atoms with van der Waals surface area (Å²) >= 11 is 0. The first-order valence-corrected chi connectivity index (χ1v) is 18.2. The van der Waals surface area contributed by atoms with E-state index in [1.807, 2.05) is 97.1 Å². The summed E-state index contributed by atoms with van der Waals surface area (Å²) in [7, 11) is 0. The maximum absolute atomic E-state index is 10.9. The highest BCUT2D eigenvalue weighted by Gasteiger charge is 2.09. The van der Waals surface area contributed by atoms with Crippen LogP contribution < -0.4 is 5.73 Å². The average molecular weight is 680 g/mol. The number of allylic oxidation sites excluding steroid dienone is 12. The van der Waals surface area contributed by atoms with Crippen LogP contribution >= 0.6 is 0 Å². The van der Waals surface area contributed by atoms with E-state index in [1.54, 1.807) is 6.92 Å². The summed E-state index contributed by atoms with van der Waals surface area (Å²) in [5.74, 6) is 0.293. The van der Waals surface area contributed by atoms with Gasteiger partial charge in [0.1, 0.15) is 11.9 Å². The van der Waals surface area contributed by atoms with Gasteiger partial charge in [-0.25, -0.2) is 0 Å². The lowest BCUT2D eigenvalue weighted by Gasteiger charge is -2.11. The van der Waals surface area contributed by atoms with E-state index in [9.17, 15) is 9.59 Å². The molecule has 0 heterocycles. The van der Waals surface area contributed by atoms with E-state index in [2.05, 4.69) is 90.3 Å². The lowest BCUT2D eigenvalue weighted by molar-refractivity contribution is -0.126. The summed E-state index contributed by atoms with van der Waals surface area (Å²) in [6, 6.07) is 8.55. The minimum atomic E-state index is -0.988. The predicted molar refractivity (Wildman–Crippen MR) is 223 cm³/mol. The average Bonchev–Trinajstić information content (AvgIpc) is 3.08. The Morgan fingerprint density at radius 2 is 1.43 bits per heavy atom. The number of primary amides is 1. The Balaban J connectivity index is -0.000000192. The molecule has 3 N–H and O–H groups in total. The summed E-state index contributed by atoms with van der Waals surface area (Å²) in [5, 5.41) is 9.09. The Hall–Kier alpha value is -3.50. The molecule has 0 aliphatic carbocycles. The summed E-state index contributed by atoms with van der Waals surface area (Å²) < 4.78 is 0. The molecule has 0 saturated heterocycles. The van der Waals surface area contributed by atoms with Gasteiger partial charge in [0, 0.05) is 6.42 Å². The Morgan fingerprint density at radius 1 is 0.898 bits per heavy atom. The Labute approximate surface area is 304 Å². The molecule has 1 atom stereocenters. The fourth-order valence-electron chi connectivity index (χ4n) is 3.32. The first kappa shape index (κ1) is 54.9. The third-order valence-electron chi connectivity index (χ3n) is 5.95. The Morgan fingerprint density at radius 3 is 1.84 bits per heavy atom. The smallest absolute Gasteiger partial charge is 0.246 e. The van der Waals surface area contributed by atoms with Crippen LogP contribution in [0.25, 0.3) is 5.57 Å². The number of carbonyl (C=O) groups excluding carboxylic acids is 2. The van der Waals surface area contributed by atoms with Crippen LogP contribution in [-0.2, 0) is 16.0 Å². The maximum atomic E-state index is 10.9. The van der Waals surface area contributed by atoms with Crippen molar-refractivity contribution in [2.24, 2.45) is 17.1 Å². The number of ketones is 1. The Kier molecular flexibility index (Phi) is 45.6. The van der Waals surface area contributed by atoms with Crippen molar-refractivity contribution in [2.45, 2.75) is 141 Å². The van der Waals surface area contributed by atoms with E-state index in [-0.39, 0.29) is 11.2 Å². The van der Waals surface area contributed by atoms with Crippen LogP contribution in [0.4, 0.5) is 0 Å². The zero-order valence-electron chi connectivity index (χ0n) is 34.0. The summed E-state index contributed by atoms with van der Waals surface area (Å²) in [6.45, 7) is 33.7. The van der Waals surface area contributed by atoms with E-state index in [0.717, 1.165) is 37.7 Å². The van der Waals surface area contributed by atoms with Gasteiger partial charge >= 0.3 is 0 Å². The summed E-state index contributed by atoms with van der Waals surface area (Å²) in [4.78, 5) is 21.4. The van der Waals surface area contributed by atoms with Gasteiger partial charge in [0.25, 0.3) is 0 Å². The first-order valence-electron chi connectivity index (χ1n) is 18.2. The van der Waals surface area contributed by atoms with Gasteiger partial charge in [-0.3, -0.25) is 4.79 Å². The van der Waals surface area contributed by atoms with E-state index < -0.39 is 12.0 Å². The van der Waals surface area contributed by atoms with Gasteiger partial charge in [0.05, 0.1) is 0 Å². The topological polar surface area (TPSA) is 80.4 Å². The number of hydrogen-bond donors (Lipinski definition) is 2. The molecule has 1 aromatic carbocycles. The molecule has 1 rings (SSSR count). The SMILES string of the molecule is C/C=C\C=C/C.C=C/C(=C\C=C/C)c1cccc(CCCCC(C)=O)c1.C=CC(C)C.CC.CC.CC(C)(C)/C=C/CCCC(O)C(N)=O. The van der Waals surface area contributed by atoms with Gasteiger partial charge in [0.2, 0.25) is 5.91 Å². The largest absolute Gasteiger partial charge is 0.383 e. The number of Topliss-reactive ketones (excluding diaryl/α,β-unsaturated/α-hetero) is 1. The molecule has 1 aromatic rings. The third-order valence-corrected chi connectivity index (χ3v) is 5.95. The van der Waals surface area contributed by atoms with Gasteiger partial charge in [0.15, 0.2) is 0 Å². The highest BCUT2D eigenvalue weighted by molar-refractivity contribution is 5.78. The van der Waals surface area contributed by atoms with Crippen LogP contribution in [0.5, 0.6) is 0 Å². The van der Waals surface area contributed by atoms with Crippen LogP contribution in [0.2, 0.25) is 0 Å². The minimum absolute atomic E-state index is 0.197. The zero-order valence-corrected chi connectivity index (χ0v) is 34.0. The molecule has 0 aliphatic rings. The highest BCUT2D eigenvalue weighted by atomic mass is 16.3. The number of nitrogens with two attached hydrogens (primary N) is 1. The van der Waals surface area contributed by atoms with Crippen molar-refractivity contribution in [1.29, 1.82) is 0 Å². The molecule has 0 aliphatic heterocycles. The number of hydrogen-bond acceptors (Lipinski definition) is 3. The second kappa shape index (κ2) is 40.7. The van der Waals surface area contributed by atoms with Crippen molar-refractivity contribution in [3.8, 4) is 0 Å². The molecule has 1 amide bonds. The van der Waals surface area contributed by atoms with Crippen molar-refractivity contribution in [2.75, 3.05) is 0 Å². The predicted octanol–water partition coefficient (Wildman–Crippen LogP) is 12.8. The molecule has 0 fully saturated rings. The highest BCUT2D eigenvalue weighted by Crippen LogP contribution is 2.19. The molecule has 0 spiro atoms. The quantitative estimate of drug-likeness (QED) is 0.110. The second-order valence-electron chi connectivity index (χ2n) is 12.1. The van der Waals surface area contributed by atoms with E-state index in [1.165, 1.54) is 11.1 Å². The second-order valence-corrected chi connectivity index (χ2v) is 12.1. The molecule has 1 unspecified atom stereocenters. The van der Waals surface area contributed by atoms with Crippen molar-refractivity contribution in [3.63, 3.8) is 0 Å². The lowest BCUT2D eigenvalue weighted by Crippen LogP contribution is -2.27. The van der Waals surface area contributed by atoms with Crippen molar-refractivity contribution in [3.05, 3.63) is 115 Å². The number of unbranched alkanes of at least 4 members (excludes halogenated alkanes) is 2. The molecule has 4 heteroatoms. The molecular weight excluding hydrogens is 602 g/mol. The minimum Gasteiger partial charge on any atom is -0.383 e. The van der Waals surface area contributed by atoms with Gasteiger partial charge in [-0.1, -0.05) is 160 Å². The molecule has 0 bridgehead atoms. The van der Waals surface area contributed by atoms with Crippen molar-refractivity contribution < 1.29 is 14.7 Å². The lowest BCUT2D eigenvalue weighted by atomic mass is 9.95. The van der Waals surface area contributed by atoms with Gasteiger partial charge in [-0.05, 0) is 94.3 Å². The molecule has 49 heavy (non-hydrogen) atoms. The molecule has 0 aromatic heterocycles. The van der Waals surface area contributed by atoms with Crippen molar-refractivity contribution >= 4 is 17.3 Å². The molecule has 4 nitrogen and oxygen atoms in total. The van der Waals surface area contributed by atoms with Crippen LogP contribution in [0.15, 0.2) is 104 Å². The number of amides is 1. The normalized spacial score (nSPS) is 11.5. The summed E-state index contributed by atoms with van der Waals surface area (Å²) in [6.07, 6.45) is 27.0. The first-order chi connectivity index (χ1) is 23.2. The fourth-order valence-corrected chi connectivity index (χ4v) is 3.32. The van der Waals surface area contributed by atoms with E-state index >= 15 is 0 Å². The van der Waals surface area contributed by atoms with Crippen molar-refractivity contribution in [1.82, 2.24) is 0 Å².